The molecule has 1 aromatic carbocycles. The smallest absolute Gasteiger partial charge is 0.268 e. The van der Waals surface area contributed by atoms with Crippen LogP contribution in [0.3, 0.4) is 0 Å². The van der Waals surface area contributed by atoms with Crippen molar-refractivity contribution in [3.63, 3.8) is 0 Å². The van der Waals surface area contributed by atoms with Crippen LogP contribution in [-0.2, 0) is 11.2 Å². The number of hydrogen-bond donors (Lipinski definition) is 1. The number of rotatable bonds is 4. The van der Waals surface area contributed by atoms with Gasteiger partial charge in [-0.1, -0.05) is 47.6 Å². The van der Waals surface area contributed by atoms with Gasteiger partial charge < -0.3 is 0 Å². The lowest BCUT2D eigenvalue weighted by Crippen LogP contribution is -2.13. The van der Waals surface area contributed by atoms with Gasteiger partial charge in [-0.15, -0.1) is 10.2 Å². The van der Waals surface area contributed by atoms with E-state index in [4.69, 9.17) is 0 Å². The highest BCUT2D eigenvalue weighted by Crippen LogP contribution is 2.17. The number of benzene rings is 1. The van der Waals surface area contributed by atoms with Crippen molar-refractivity contribution >= 4 is 28.5 Å². The monoisotopic (exact) mass is 312 g/mol. The molecule has 0 saturated heterocycles. The van der Waals surface area contributed by atoms with Gasteiger partial charge in [-0.3, -0.25) is 10.1 Å². The fraction of sp³-hybridized carbons (Fsp3) is 0.250. The highest BCUT2D eigenvalue weighted by atomic mass is 32.1. The molecule has 0 spiro atoms. The molecule has 112 valence electrons. The zero-order valence-corrected chi connectivity index (χ0v) is 13.5. The molecular weight excluding hydrogens is 296 g/mol. The maximum absolute atomic E-state index is 12.2. The van der Waals surface area contributed by atoms with Crippen molar-refractivity contribution in [1.82, 2.24) is 10.2 Å². The number of anilines is 1. The molecule has 0 aliphatic rings. The first-order valence-electron chi connectivity index (χ1n) is 6.85. The van der Waals surface area contributed by atoms with Crippen LogP contribution in [0, 0.1) is 25.2 Å². The molecule has 22 heavy (non-hydrogen) atoms. The standard InChI is InChI=1S/C16H16N4OS/c1-4-14-19-20-16(22-14)18-15(21)13(9-17)8-12-6-10(2)5-11(3)7-12/h5-8H,4H2,1-3H3,(H,18,20,21)/b13-8-. The first-order valence-corrected chi connectivity index (χ1v) is 7.67. The summed E-state index contributed by atoms with van der Waals surface area (Å²) in [7, 11) is 0. The molecule has 0 bridgehead atoms. The molecule has 0 radical (unpaired) electrons. The van der Waals surface area contributed by atoms with Crippen molar-refractivity contribution in [2.24, 2.45) is 0 Å². The lowest BCUT2D eigenvalue weighted by Gasteiger charge is -2.02. The molecule has 2 rings (SSSR count). The van der Waals surface area contributed by atoms with Gasteiger partial charge >= 0.3 is 0 Å². The van der Waals surface area contributed by atoms with Gasteiger partial charge in [0, 0.05) is 0 Å². The Morgan fingerprint density at radius 3 is 2.55 bits per heavy atom. The van der Waals surface area contributed by atoms with Crippen LogP contribution in [0.1, 0.15) is 28.6 Å². The Kier molecular flexibility index (Phi) is 5.02. The van der Waals surface area contributed by atoms with E-state index in [0.717, 1.165) is 28.1 Å². The van der Waals surface area contributed by atoms with Crippen LogP contribution in [-0.4, -0.2) is 16.1 Å². The molecule has 0 aliphatic carbocycles. The third-order valence-electron chi connectivity index (χ3n) is 2.91. The summed E-state index contributed by atoms with van der Waals surface area (Å²) < 4.78 is 0. The Bertz CT molecular complexity index is 750. The van der Waals surface area contributed by atoms with Gasteiger partial charge in [-0.2, -0.15) is 5.26 Å². The second-order valence-corrected chi connectivity index (χ2v) is 5.96. The largest absolute Gasteiger partial charge is 0.296 e. The van der Waals surface area contributed by atoms with Gasteiger partial charge in [-0.05, 0) is 31.9 Å². The van der Waals surface area contributed by atoms with E-state index >= 15 is 0 Å². The Balaban J connectivity index is 2.21. The van der Waals surface area contributed by atoms with E-state index in [2.05, 4.69) is 15.5 Å². The number of carbonyl (C=O) groups is 1. The second-order valence-electron chi connectivity index (χ2n) is 4.90. The van der Waals surface area contributed by atoms with E-state index in [1.807, 2.05) is 45.0 Å². The molecule has 1 aromatic heterocycles. The fourth-order valence-corrected chi connectivity index (χ4v) is 2.69. The minimum Gasteiger partial charge on any atom is -0.296 e. The highest BCUT2D eigenvalue weighted by Gasteiger charge is 2.12. The van der Waals surface area contributed by atoms with Crippen LogP contribution < -0.4 is 5.32 Å². The summed E-state index contributed by atoms with van der Waals surface area (Å²) in [6.07, 6.45) is 2.34. The first-order chi connectivity index (χ1) is 10.5. The summed E-state index contributed by atoms with van der Waals surface area (Å²) >= 11 is 1.31. The fourth-order valence-electron chi connectivity index (χ4n) is 2.02. The highest BCUT2D eigenvalue weighted by molar-refractivity contribution is 7.15. The topological polar surface area (TPSA) is 78.7 Å². The Morgan fingerprint density at radius 2 is 2.00 bits per heavy atom. The maximum atomic E-state index is 12.2. The Hall–Kier alpha value is -2.52. The second kappa shape index (κ2) is 6.96. The van der Waals surface area contributed by atoms with E-state index in [9.17, 15) is 10.1 Å². The maximum Gasteiger partial charge on any atom is 0.268 e. The molecule has 0 fully saturated rings. The third-order valence-corrected chi connectivity index (χ3v) is 3.89. The molecule has 2 aromatic rings. The van der Waals surface area contributed by atoms with Crippen LogP contribution in [0.4, 0.5) is 5.13 Å². The van der Waals surface area contributed by atoms with E-state index < -0.39 is 5.91 Å². The van der Waals surface area contributed by atoms with Gasteiger partial charge in [0.05, 0.1) is 0 Å². The van der Waals surface area contributed by atoms with E-state index in [0.29, 0.717) is 5.13 Å². The van der Waals surface area contributed by atoms with Crippen LogP contribution in [0.5, 0.6) is 0 Å². The number of carbonyl (C=O) groups excluding carboxylic acids is 1. The van der Waals surface area contributed by atoms with Gasteiger partial charge in [0.25, 0.3) is 5.91 Å². The Morgan fingerprint density at radius 1 is 1.32 bits per heavy atom. The lowest BCUT2D eigenvalue weighted by molar-refractivity contribution is -0.112. The van der Waals surface area contributed by atoms with Crippen LogP contribution in [0.2, 0.25) is 0 Å². The van der Waals surface area contributed by atoms with Crippen LogP contribution in [0.15, 0.2) is 23.8 Å². The average molecular weight is 312 g/mol. The van der Waals surface area contributed by atoms with Crippen molar-refractivity contribution in [2.45, 2.75) is 27.2 Å². The number of amides is 1. The van der Waals surface area contributed by atoms with Gasteiger partial charge in [0.1, 0.15) is 16.6 Å². The summed E-state index contributed by atoms with van der Waals surface area (Å²) in [6.45, 7) is 5.92. The zero-order chi connectivity index (χ0) is 16.1. The molecule has 0 unspecified atom stereocenters. The summed E-state index contributed by atoms with van der Waals surface area (Å²) in [5, 5.41) is 20.9. The molecule has 0 saturated carbocycles. The van der Waals surface area contributed by atoms with E-state index in [1.165, 1.54) is 11.3 Å². The minimum atomic E-state index is -0.472. The van der Waals surface area contributed by atoms with E-state index in [1.54, 1.807) is 6.08 Å². The summed E-state index contributed by atoms with van der Waals surface area (Å²) in [6, 6.07) is 7.83. The lowest BCUT2D eigenvalue weighted by atomic mass is 10.1. The normalized spacial score (nSPS) is 11.1. The number of aryl methyl sites for hydroxylation is 3. The molecule has 6 heteroatoms. The number of nitrogens with one attached hydrogen (secondary N) is 1. The van der Waals surface area contributed by atoms with Crippen LogP contribution in [0.25, 0.3) is 6.08 Å². The van der Waals surface area contributed by atoms with Crippen LogP contribution >= 0.6 is 11.3 Å². The third kappa shape index (κ3) is 3.99. The predicted molar refractivity (Wildman–Crippen MR) is 87.4 cm³/mol. The van der Waals surface area contributed by atoms with Crippen molar-refractivity contribution < 1.29 is 4.79 Å². The summed E-state index contributed by atoms with van der Waals surface area (Å²) in [4.78, 5) is 12.2. The molecular formula is C16H16N4OS. The number of nitriles is 1. The molecule has 1 heterocycles. The number of nitrogens with zero attached hydrogens (tertiary/aromatic N) is 3. The number of aromatic nitrogens is 2. The summed E-state index contributed by atoms with van der Waals surface area (Å²) in [5.74, 6) is -0.472. The molecule has 0 atom stereocenters. The first kappa shape index (κ1) is 15.9. The van der Waals surface area contributed by atoms with Gasteiger partial charge in [0.2, 0.25) is 5.13 Å². The average Bonchev–Trinajstić information content (AvgIpc) is 2.91. The molecule has 1 N–H and O–H groups in total. The predicted octanol–water partition coefficient (Wildman–Crippen LogP) is 3.26. The van der Waals surface area contributed by atoms with Crippen molar-refractivity contribution in [2.75, 3.05) is 5.32 Å². The Labute approximate surface area is 133 Å². The zero-order valence-electron chi connectivity index (χ0n) is 12.7. The molecule has 5 nitrogen and oxygen atoms in total. The number of hydrogen-bond acceptors (Lipinski definition) is 5. The van der Waals surface area contributed by atoms with Crippen molar-refractivity contribution in [3.05, 3.63) is 45.5 Å². The minimum absolute atomic E-state index is 0.0400. The van der Waals surface area contributed by atoms with E-state index in [-0.39, 0.29) is 5.57 Å². The SMILES string of the molecule is CCc1nnc(NC(=O)/C(C#N)=C\c2cc(C)cc(C)c2)s1. The quantitative estimate of drug-likeness (QED) is 0.694. The van der Waals surface area contributed by atoms with Gasteiger partial charge in [0.15, 0.2) is 0 Å². The van der Waals surface area contributed by atoms with Crippen molar-refractivity contribution in [1.29, 1.82) is 5.26 Å². The van der Waals surface area contributed by atoms with Crippen molar-refractivity contribution in [3.8, 4) is 6.07 Å². The van der Waals surface area contributed by atoms with Gasteiger partial charge in [-0.25, -0.2) is 0 Å². The summed E-state index contributed by atoms with van der Waals surface area (Å²) in [5.41, 5.74) is 3.04. The molecule has 0 aliphatic heterocycles. The molecule has 1 amide bonds.